The number of unbranched alkanes of at least 4 members (excludes halogenated alkanes) is 2. The van der Waals surface area contributed by atoms with Crippen molar-refractivity contribution in [2.24, 2.45) is 0 Å². The van der Waals surface area contributed by atoms with Crippen molar-refractivity contribution >= 4 is 5.97 Å². The van der Waals surface area contributed by atoms with E-state index in [1.54, 1.807) is 0 Å². The Labute approximate surface area is 143 Å². The predicted octanol–water partition coefficient (Wildman–Crippen LogP) is 6.53. The molecule has 0 saturated heterocycles. The van der Waals surface area contributed by atoms with Crippen LogP contribution in [0.2, 0.25) is 0 Å². The van der Waals surface area contributed by atoms with Gasteiger partial charge in [-0.1, -0.05) is 48.6 Å². The third kappa shape index (κ3) is 15.4. The Kier molecular flexibility index (Phi) is 13.5. The second kappa shape index (κ2) is 14.3. The molecule has 0 spiro atoms. The Morgan fingerprint density at radius 2 is 1.43 bits per heavy atom. The van der Waals surface area contributed by atoms with E-state index >= 15 is 0 Å². The Balaban J connectivity index is 3.85. The van der Waals surface area contributed by atoms with Crippen molar-refractivity contribution in [1.82, 2.24) is 0 Å². The van der Waals surface area contributed by atoms with E-state index in [1.807, 2.05) is 6.08 Å². The van der Waals surface area contributed by atoms with E-state index in [0.717, 1.165) is 44.9 Å². The summed E-state index contributed by atoms with van der Waals surface area (Å²) in [5, 5.41) is 0. The molecule has 2 nitrogen and oxygen atoms in total. The molecule has 0 unspecified atom stereocenters. The minimum atomic E-state index is -0.0717. The first-order valence-corrected chi connectivity index (χ1v) is 9.06. The van der Waals surface area contributed by atoms with Gasteiger partial charge in [0.15, 0.2) is 0 Å². The van der Waals surface area contributed by atoms with E-state index in [2.05, 4.69) is 46.8 Å². The number of esters is 1. The SMILES string of the molecule is CCCCCC(=O)OC/C=C(\C)CCC=C(C)CCC=C(C)C. The zero-order chi connectivity index (χ0) is 17.5. The number of rotatable bonds is 12. The molecule has 0 aromatic heterocycles. The minimum absolute atomic E-state index is 0.0717. The summed E-state index contributed by atoms with van der Waals surface area (Å²) in [4.78, 5) is 11.5. The minimum Gasteiger partial charge on any atom is -0.461 e. The van der Waals surface area contributed by atoms with Gasteiger partial charge in [-0.05, 0) is 65.9 Å². The zero-order valence-electron chi connectivity index (χ0n) is 15.9. The monoisotopic (exact) mass is 320 g/mol. The molecular weight excluding hydrogens is 284 g/mol. The fourth-order valence-corrected chi connectivity index (χ4v) is 2.21. The Morgan fingerprint density at radius 1 is 0.826 bits per heavy atom. The van der Waals surface area contributed by atoms with Crippen LogP contribution in [0.4, 0.5) is 0 Å². The summed E-state index contributed by atoms with van der Waals surface area (Å²) in [5.74, 6) is -0.0717. The van der Waals surface area contributed by atoms with E-state index in [9.17, 15) is 4.79 Å². The average Bonchev–Trinajstić information content (AvgIpc) is 2.47. The average molecular weight is 321 g/mol. The Hall–Kier alpha value is -1.31. The summed E-state index contributed by atoms with van der Waals surface area (Å²) < 4.78 is 5.22. The van der Waals surface area contributed by atoms with Gasteiger partial charge in [0.1, 0.15) is 6.61 Å². The lowest BCUT2D eigenvalue weighted by Gasteiger charge is -2.04. The molecule has 23 heavy (non-hydrogen) atoms. The molecule has 0 heterocycles. The molecule has 0 aromatic rings. The molecule has 2 heteroatoms. The van der Waals surface area contributed by atoms with Crippen molar-refractivity contribution in [1.29, 1.82) is 0 Å². The summed E-state index contributed by atoms with van der Waals surface area (Å²) in [7, 11) is 0. The van der Waals surface area contributed by atoms with Gasteiger partial charge in [-0.3, -0.25) is 4.79 Å². The quantitative estimate of drug-likeness (QED) is 0.232. The molecule has 0 amide bonds. The second-order valence-electron chi connectivity index (χ2n) is 6.60. The molecule has 0 aliphatic rings. The summed E-state index contributed by atoms with van der Waals surface area (Å²) >= 11 is 0. The van der Waals surface area contributed by atoms with Gasteiger partial charge < -0.3 is 4.74 Å². The van der Waals surface area contributed by atoms with Crippen molar-refractivity contribution in [3.05, 3.63) is 34.9 Å². The van der Waals surface area contributed by atoms with Gasteiger partial charge in [-0.2, -0.15) is 0 Å². The van der Waals surface area contributed by atoms with E-state index in [1.165, 1.54) is 16.7 Å². The van der Waals surface area contributed by atoms with Crippen LogP contribution in [0.1, 0.15) is 86.0 Å². The molecular formula is C21H36O2. The third-order valence-electron chi connectivity index (χ3n) is 3.78. The van der Waals surface area contributed by atoms with Gasteiger partial charge in [0, 0.05) is 6.42 Å². The van der Waals surface area contributed by atoms with E-state index in [0.29, 0.717) is 13.0 Å². The molecule has 0 bridgehead atoms. The summed E-state index contributed by atoms with van der Waals surface area (Å²) in [6.07, 6.45) is 14.7. The van der Waals surface area contributed by atoms with Crippen molar-refractivity contribution in [3.8, 4) is 0 Å². The molecule has 0 fully saturated rings. The van der Waals surface area contributed by atoms with Crippen LogP contribution in [0.15, 0.2) is 34.9 Å². The number of ether oxygens (including phenoxy) is 1. The third-order valence-corrected chi connectivity index (χ3v) is 3.78. The molecule has 132 valence electrons. The topological polar surface area (TPSA) is 26.3 Å². The standard InChI is InChI=1S/C21H36O2/c1-6-7-8-15-21(22)23-17-16-20(5)14-10-13-19(4)12-9-11-18(2)3/h11,13,16H,6-10,12,14-15,17H2,1-5H3/b19-13?,20-16+. The fourth-order valence-electron chi connectivity index (χ4n) is 2.21. The van der Waals surface area contributed by atoms with Crippen LogP contribution in [-0.4, -0.2) is 12.6 Å². The van der Waals surface area contributed by atoms with E-state index in [4.69, 9.17) is 4.74 Å². The van der Waals surface area contributed by atoms with Crippen LogP contribution in [-0.2, 0) is 9.53 Å². The highest BCUT2D eigenvalue weighted by Gasteiger charge is 2.00. The molecule has 0 N–H and O–H groups in total. The predicted molar refractivity (Wildman–Crippen MR) is 101 cm³/mol. The Bertz CT molecular complexity index is 410. The van der Waals surface area contributed by atoms with E-state index in [-0.39, 0.29) is 5.97 Å². The lowest BCUT2D eigenvalue weighted by Crippen LogP contribution is -2.04. The number of carbonyl (C=O) groups excluding carboxylic acids is 1. The van der Waals surface area contributed by atoms with Crippen LogP contribution in [0, 0.1) is 0 Å². The zero-order valence-corrected chi connectivity index (χ0v) is 15.9. The van der Waals surface area contributed by atoms with Crippen molar-refractivity contribution in [3.63, 3.8) is 0 Å². The van der Waals surface area contributed by atoms with Gasteiger partial charge in [0.2, 0.25) is 0 Å². The van der Waals surface area contributed by atoms with Crippen LogP contribution >= 0.6 is 0 Å². The molecule has 0 saturated carbocycles. The van der Waals surface area contributed by atoms with Gasteiger partial charge >= 0.3 is 5.97 Å². The van der Waals surface area contributed by atoms with Gasteiger partial charge in [0.05, 0.1) is 0 Å². The lowest BCUT2D eigenvalue weighted by atomic mass is 10.1. The van der Waals surface area contributed by atoms with Gasteiger partial charge in [-0.15, -0.1) is 0 Å². The molecule has 0 radical (unpaired) electrons. The Morgan fingerprint density at radius 3 is 2.04 bits per heavy atom. The highest BCUT2D eigenvalue weighted by Crippen LogP contribution is 2.11. The van der Waals surface area contributed by atoms with Crippen molar-refractivity contribution in [2.75, 3.05) is 6.61 Å². The summed E-state index contributed by atoms with van der Waals surface area (Å²) in [5.41, 5.74) is 4.14. The molecule has 0 rings (SSSR count). The normalized spacial score (nSPS) is 12.2. The summed E-state index contributed by atoms with van der Waals surface area (Å²) in [6, 6.07) is 0. The second-order valence-corrected chi connectivity index (χ2v) is 6.60. The van der Waals surface area contributed by atoms with Crippen LogP contribution in [0.5, 0.6) is 0 Å². The smallest absolute Gasteiger partial charge is 0.306 e. The van der Waals surface area contributed by atoms with Crippen LogP contribution in [0.3, 0.4) is 0 Å². The molecule has 0 aliphatic carbocycles. The number of hydrogen-bond acceptors (Lipinski definition) is 2. The van der Waals surface area contributed by atoms with Crippen LogP contribution in [0.25, 0.3) is 0 Å². The summed E-state index contributed by atoms with van der Waals surface area (Å²) in [6.45, 7) is 11.1. The first kappa shape index (κ1) is 21.7. The maximum atomic E-state index is 11.5. The van der Waals surface area contributed by atoms with E-state index < -0.39 is 0 Å². The van der Waals surface area contributed by atoms with Crippen molar-refractivity contribution < 1.29 is 9.53 Å². The van der Waals surface area contributed by atoms with Crippen LogP contribution < -0.4 is 0 Å². The maximum Gasteiger partial charge on any atom is 0.306 e. The van der Waals surface area contributed by atoms with Gasteiger partial charge in [0.25, 0.3) is 0 Å². The number of carbonyl (C=O) groups is 1. The largest absolute Gasteiger partial charge is 0.461 e. The van der Waals surface area contributed by atoms with Crippen molar-refractivity contribution in [2.45, 2.75) is 86.0 Å². The molecule has 0 aliphatic heterocycles. The molecule has 0 atom stereocenters. The highest BCUT2D eigenvalue weighted by molar-refractivity contribution is 5.69. The lowest BCUT2D eigenvalue weighted by molar-refractivity contribution is -0.142. The fraction of sp³-hybridized carbons (Fsp3) is 0.667. The first-order chi connectivity index (χ1) is 11.0. The number of allylic oxidation sites excluding steroid dienone is 5. The number of hydrogen-bond donors (Lipinski definition) is 0. The highest BCUT2D eigenvalue weighted by atomic mass is 16.5. The molecule has 0 aromatic carbocycles. The maximum absolute atomic E-state index is 11.5. The van der Waals surface area contributed by atoms with Gasteiger partial charge in [-0.25, -0.2) is 0 Å². The first-order valence-electron chi connectivity index (χ1n) is 9.06.